The number of hydrogen-bond donors (Lipinski definition) is 4. The highest BCUT2D eigenvalue weighted by Crippen LogP contribution is 2.68. The van der Waals surface area contributed by atoms with E-state index in [0.717, 1.165) is 42.6 Å². The maximum absolute atomic E-state index is 13.5. The Morgan fingerprint density at radius 2 is 1.83 bits per heavy atom. The molecule has 12 atom stereocenters. The molecule has 0 aromatic rings. The summed E-state index contributed by atoms with van der Waals surface area (Å²) in [5.74, 6) is 5.64. The normalized spacial score (nSPS) is 36.9. The number of rotatable bonds is 13. The first-order valence-electron chi connectivity index (χ1n) is 20.0. The van der Waals surface area contributed by atoms with Crippen molar-refractivity contribution in [2.24, 2.45) is 51.5 Å². The average molecular weight is 750 g/mol. The molecule has 0 aromatic heterocycles. The predicted octanol–water partition coefficient (Wildman–Crippen LogP) is 5.77. The number of β-lactam (4-membered cyclic amide) rings is 1. The summed E-state index contributed by atoms with van der Waals surface area (Å²) in [6.07, 6.45) is 16.9. The summed E-state index contributed by atoms with van der Waals surface area (Å²) in [6, 6.07) is -0.697. The minimum Gasteiger partial charge on any atom is -0.393 e. The fraction of sp³-hybridized carbons (Fsp3) is 0.800. The molecule has 2 heterocycles. The van der Waals surface area contributed by atoms with Gasteiger partial charge in [0.2, 0.25) is 11.8 Å². The Kier molecular flexibility index (Phi) is 12.1. The van der Waals surface area contributed by atoms with Crippen molar-refractivity contribution >= 4 is 35.4 Å². The Hall–Kier alpha value is -3.20. The topological polar surface area (TPSA) is 177 Å². The lowest BCUT2D eigenvalue weighted by atomic mass is 9.44. The molecular weight excluding hydrogens is 691 g/mol. The molecule has 4 aliphatic carbocycles. The zero-order chi connectivity index (χ0) is 38.1. The summed E-state index contributed by atoms with van der Waals surface area (Å²) in [4.78, 5) is 56.9. The number of terminal acetylenes is 1. The summed E-state index contributed by atoms with van der Waals surface area (Å²) in [6.45, 7) is 9.40. The molecule has 1 saturated heterocycles. The number of nitrogens with zero attached hydrogens (tertiary/aromatic N) is 4. The maximum Gasteiger partial charge on any atom is 0.269 e. The van der Waals surface area contributed by atoms with Crippen molar-refractivity contribution in [2.75, 3.05) is 12.3 Å². The van der Waals surface area contributed by atoms with Crippen LogP contribution in [0.3, 0.4) is 0 Å². The van der Waals surface area contributed by atoms with Gasteiger partial charge in [0.05, 0.1) is 6.10 Å². The lowest BCUT2D eigenvalue weighted by Crippen LogP contribution is -2.71. The van der Waals surface area contributed by atoms with Gasteiger partial charge >= 0.3 is 0 Å². The van der Waals surface area contributed by atoms with Crippen LogP contribution in [0.1, 0.15) is 118 Å². The number of thioether (sulfide) groups is 1. The van der Waals surface area contributed by atoms with Crippen LogP contribution >= 0.6 is 11.8 Å². The molecule has 4 N–H and O–H groups in total. The molecule has 0 aromatic carbocycles. The second-order valence-electron chi connectivity index (χ2n) is 17.5. The van der Waals surface area contributed by atoms with E-state index in [2.05, 4.69) is 52.7 Å². The van der Waals surface area contributed by atoms with Crippen LogP contribution in [0.5, 0.6) is 0 Å². The number of nitrogens with one attached hydrogen (secondary N) is 3. The number of carbonyl (C=O) groups is 4. The van der Waals surface area contributed by atoms with Crippen LogP contribution in [0.25, 0.3) is 10.4 Å². The highest BCUT2D eigenvalue weighted by Gasteiger charge is 2.60. The third-order valence-electron chi connectivity index (χ3n) is 14.6. The summed E-state index contributed by atoms with van der Waals surface area (Å²) in [7, 11) is 0. The second-order valence-corrected chi connectivity index (χ2v) is 18.6. The molecule has 4 saturated carbocycles. The van der Waals surface area contributed by atoms with Crippen molar-refractivity contribution in [3.63, 3.8) is 0 Å². The van der Waals surface area contributed by atoms with Gasteiger partial charge in [-0.1, -0.05) is 25.9 Å². The van der Waals surface area contributed by atoms with Gasteiger partial charge in [-0.2, -0.15) is 0 Å². The molecule has 0 radical (unpaired) electrons. The molecule has 2 aliphatic heterocycles. The first kappa shape index (κ1) is 39.5. The first-order chi connectivity index (χ1) is 25.3. The fourth-order valence-corrected chi connectivity index (χ4v) is 13.2. The summed E-state index contributed by atoms with van der Waals surface area (Å²) in [5.41, 5.74) is 10.1. The maximum atomic E-state index is 13.5. The summed E-state index contributed by atoms with van der Waals surface area (Å²) in [5, 5.41) is 21.9. The lowest BCUT2D eigenvalue weighted by molar-refractivity contribution is -0.148. The van der Waals surface area contributed by atoms with Gasteiger partial charge < -0.3 is 21.1 Å². The van der Waals surface area contributed by atoms with Crippen LogP contribution in [0, 0.1) is 58.7 Å². The SMILES string of the molecule is C#CCC(NC(=O)CCCN=[N+]=[N-])NC(=O)C1=C(C)CSC2C(NC(=O)CC[C@@H](C)[C@H]3CC[C@H]4[C@@H]5CC[C@@H]6C[C@H](O)CC[C@]6(C)[C@H]5CC[C@]34C)C(=O)N12. The molecular formula is C40H59N7O5S. The van der Waals surface area contributed by atoms with Crippen LogP contribution < -0.4 is 16.0 Å². The van der Waals surface area contributed by atoms with E-state index >= 15 is 0 Å². The smallest absolute Gasteiger partial charge is 0.269 e. The number of aliphatic hydroxyl groups excluding tert-OH is 1. The summed E-state index contributed by atoms with van der Waals surface area (Å²) >= 11 is 1.52. The van der Waals surface area contributed by atoms with E-state index in [4.69, 9.17) is 12.0 Å². The second kappa shape index (κ2) is 16.3. The van der Waals surface area contributed by atoms with Gasteiger partial charge in [-0.25, -0.2) is 0 Å². The Bertz CT molecular complexity index is 1570. The number of fused-ring (bicyclic) bond motifs is 6. The molecule has 5 fully saturated rings. The van der Waals surface area contributed by atoms with E-state index in [0.29, 0.717) is 47.2 Å². The number of carbonyl (C=O) groups excluding carboxylic acids is 4. The van der Waals surface area contributed by atoms with Gasteiger partial charge in [0.1, 0.15) is 23.3 Å². The van der Waals surface area contributed by atoms with E-state index < -0.39 is 18.1 Å². The van der Waals surface area contributed by atoms with Crippen LogP contribution in [-0.4, -0.2) is 69.6 Å². The van der Waals surface area contributed by atoms with Crippen LogP contribution in [0.4, 0.5) is 0 Å². The van der Waals surface area contributed by atoms with E-state index in [-0.39, 0.29) is 54.3 Å². The van der Waals surface area contributed by atoms with E-state index in [1.807, 2.05) is 0 Å². The molecule has 4 amide bonds. The Morgan fingerprint density at radius 3 is 2.58 bits per heavy atom. The van der Waals surface area contributed by atoms with Gasteiger partial charge in [-0.3, -0.25) is 24.1 Å². The molecule has 3 unspecified atom stereocenters. The number of amides is 4. The van der Waals surface area contributed by atoms with Gasteiger partial charge in [-0.15, -0.1) is 24.1 Å². The Morgan fingerprint density at radius 1 is 1.08 bits per heavy atom. The molecule has 13 heteroatoms. The largest absolute Gasteiger partial charge is 0.393 e. The van der Waals surface area contributed by atoms with Crippen LogP contribution in [-0.2, 0) is 19.2 Å². The zero-order valence-electron chi connectivity index (χ0n) is 31.9. The molecule has 6 aliphatic rings. The van der Waals surface area contributed by atoms with E-state index in [1.165, 1.54) is 61.6 Å². The number of azide groups is 1. The number of aliphatic hydroxyl groups is 1. The molecule has 0 spiro atoms. The monoisotopic (exact) mass is 749 g/mol. The molecule has 6 rings (SSSR count). The van der Waals surface area contributed by atoms with E-state index in [1.54, 1.807) is 6.92 Å². The van der Waals surface area contributed by atoms with Gasteiger partial charge in [0.15, 0.2) is 0 Å². The van der Waals surface area contributed by atoms with Gasteiger partial charge in [0, 0.05) is 36.5 Å². The lowest BCUT2D eigenvalue weighted by Gasteiger charge is -2.61. The van der Waals surface area contributed by atoms with E-state index in [9.17, 15) is 24.3 Å². The predicted molar refractivity (Wildman–Crippen MR) is 204 cm³/mol. The zero-order valence-corrected chi connectivity index (χ0v) is 32.8. The fourth-order valence-electron chi connectivity index (χ4n) is 11.9. The van der Waals surface area contributed by atoms with Crippen molar-refractivity contribution in [3.05, 3.63) is 21.7 Å². The summed E-state index contributed by atoms with van der Waals surface area (Å²) < 4.78 is 0. The highest BCUT2D eigenvalue weighted by atomic mass is 32.2. The third kappa shape index (κ3) is 7.70. The van der Waals surface area contributed by atoms with Crippen molar-refractivity contribution in [1.29, 1.82) is 0 Å². The van der Waals surface area contributed by atoms with Crippen molar-refractivity contribution in [2.45, 2.75) is 141 Å². The molecule has 290 valence electrons. The highest BCUT2D eigenvalue weighted by molar-refractivity contribution is 8.00. The van der Waals surface area contributed by atoms with Gasteiger partial charge in [0.25, 0.3) is 11.8 Å². The first-order valence-corrected chi connectivity index (χ1v) is 21.0. The quantitative estimate of drug-likeness (QED) is 0.0354. The average Bonchev–Trinajstić information content (AvgIpc) is 3.49. The minimum atomic E-state index is -0.834. The van der Waals surface area contributed by atoms with Gasteiger partial charge in [-0.05, 0) is 135 Å². The molecule has 0 bridgehead atoms. The number of hydrogen-bond acceptors (Lipinski definition) is 7. The van der Waals surface area contributed by atoms with Crippen LogP contribution in [0.2, 0.25) is 0 Å². The van der Waals surface area contributed by atoms with Crippen LogP contribution in [0.15, 0.2) is 16.4 Å². The van der Waals surface area contributed by atoms with Crippen molar-refractivity contribution in [3.8, 4) is 12.3 Å². The Balaban J connectivity index is 0.997. The van der Waals surface area contributed by atoms with Crippen molar-refractivity contribution < 1.29 is 24.3 Å². The minimum absolute atomic E-state index is 0.0524. The molecule has 12 nitrogen and oxygen atoms in total. The van der Waals surface area contributed by atoms with Crippen molar-refractivity contribution in [1.82, 2.24) is 20.9 Å². The standard InChI is InChI=1S/C40H59N7O5S/c1-6-8-31(43-32(49)9-7-20-42-46-41)44-36(51)35-24(3)22-53-38-34(37(52)47(35)38)45-33(50)15-10-23(2)28-13-14-29-27-12-11-25-21-26(48)16-18-39(25,4)30(27)17-19-40(28,29)5/h1,23,25-31,34,38,48H,7-22H2,2-5H3,(H,43,49)(H,44,51)(H,45,50)/t23-,25-,26-,27+,28-,29+,30+,31?,34?,38?,39+,40-/m1/s1. The molecule has 53 heavy (non-hydrogen) atoms. The Labute approximate surface area is 318 Å². The third-order valence-corrected chi connectivity index (χ3v) is 16.0.